The van der Waals surface area contributed by atoms with Crippen molar-refractivity contribution in [3.8, 4) is 0 Å². The van der Waals surface area contributed by atoms with Crippen molar-refractivity contribution < 1.29 is 14.7 Å². The van der Waals surface area contributed by atoms with E-state index in [0.29, 0.717) is 38.1 Å². The molecule has 1 heterocycles. The minimum atomic E-state index is -0.750. The first-order chi connectivity index (χ1) is 9.47. The van der Waals surface area contributed by atoms with Crippen LogP contribution < -0.4 is 0 Å². The fourth-order valence-corrected chi connectivity index (χ4v) is 2.65. The SMILES string of the molecule is Cc1nc(CN(C)C(=O)C2CCC(C(=O)O)CC2)n[nH]1. The van der Waals surface area contributed by atoms with Crippen LogP contribution in [0.15, 0.2) is 0 Å². The number of carbonyl (C=O) groups excluding carboxylic acids is 1. The van der Waals surface area contributed by atoms with Gasteiger partial charge in [0.2, 0.25) is 5.91 Å². The number of rotatable bonds is 4. The predicted octanol–water partition coefficient (Wildman–Crippen LogP) is 0.963. The Kier molecular flexibility index (Phi) is 4.36. The van der Waals surface area contributed by atoms with Crippen LogP contribution in [0.1, 0.15) is 37.3 Å². The van der Waals surface area contributed by atoms with Gasteiger partial charge in [0.05, 0.1) is 12.5 Å². The van der Waals surface area contributed by atoms with Gasteiger partial charge in [0.25, 0.3) is 0 Å². The molecule has 0 bridgehead atoms. The standard InChI is InChI=1S/C13H20N4O3/c1-8-14-11(16-15-8)7-17(2)12(18)9-3-5-10(6-4-9)13(19)20/h9-10H,3-7H2,1-2H3,(H,19,20)(H,14,15,16). The Morgan fingerprint density at radius 2 is 1.90 bits per heavy atom. The summed E-state index contributed by atoms with van der Waals surface area (Å²) < 4.78 is 0. The quantitative estimate of drug-likeness (QED) is 0.856. The van der Waals surface area contributed by atoms with Gasteiger partial charge >= 0.3 is 5.97 Å². The van der Waals surface area contributed by atoms with Crippen LogP contribution in [-0.2, 0) is 16.1 Å². The highest BCUT2D eigenvalue weighted by Crippen LogP contribution is 2.30. The average Bonchev–Trinajstić information content (AvgIpc) is 2.83. The molecule has 1 aromatic rings. The maximum Gasteiger partial charge on any atom is 0.306 e. The zero-order valence-corrected chi connectivity index (χ0v) is 11.8. The molecular formula is C13H20N4O3. The number of nitrogens with one attached hydrogen (secondary N) is 1. The molecule has 110 valence electrons. The van der Waals surface area contributed by atoms with Gasteiger partial charge in [-0.25, -0.2) is 4.98 Å². The fourth-order valence-electron chi connectivity index (χ4n) is 2.65. The normalized spacial score (nSPS) is 22.5. The molecule has 1 amide bonds. The summed E-state index contributed by atoms with van der Waals surface area (Å²) in [5.41, 5.74) is 0. The third kappa shape index (κ3) is 3.34. The minimum Gasteiger partial charge on any atom is -0.481 e. The van der Waals surface area contributed by atoms with Crippen molar-refractivity contribution in [3.63, 3.8) is 0 Å². The number of carbonyl (C=O) groups is 2. The first-order valence-electron chi connectivity index (χ1n) is 6.83. The summed E-state index contributed by atoms with van der Waals surface area (Å²) >= 11 is 0. The molecule has 0 unspecified atom stereocenters. The smallest absolute Gasteiger partial charge is 0.306 e. The molecule has 2 N–H and O–H groups in total. The van der Waals surface area contributed by atoms with Gasteiger partial charge in [-0.15, -0.1) is 0 Å². The summed E-state index contributed by atoms with van der Waals surface area (Å²) in [6, 6.07) is 0. The number of aromatic amines is 1. The Bertz CT molecular complexity index is 492. The van der Waals surface area contributed by atoms with E-state index >= 15 is 0 Å². The van der Waals surface area contributed by atoms with E-state index in [1.54, 1.807) is 11.9 Å². The van der Waals surface area contributed by atoms with E-state index in [-0.39, 0.29) is 17.7 Å². The molecule has 7 heteroatoms. The van der Waals surface area contributed by atoms with Crippen LogP contribution in [0.5, 0.6) is 0 Å². The van der Waals surface area contributed by atoms with Gasteiger partial charge < -0.3 is 10.0 Å². The lowest BCUT2D eigenvalue weighted by Crippen LogP contribution is -2.35. The van der Waals surface area contributed by atoms with Gasteiger partial charge in [-0.1, -0.05) is 0 Å². The zero-order valence-electron chi connectivity index (χ0n) is 11.8. The Labute approximate surface area is 117 Å². The summed E-state index contributed by atoms with van der Waals surface area (Å²) in [7, 11) is 1.73. The van der Waals surface area contributed by atoms with E-state index in [4.69, 9.17) is 5.11 Å². The number of hydrogen-bond donors (Lipinski definition) is 2. The van der Waals surface area contributed by atoms with Crippen LogP contribution in [-0.4, -0.2) is 44.1 Å². The molecule has 1 aliphatic carbocycles. The van der Waals surface area contributed by atoms with Gasteiger partial charge in [-0.2, -0.15) is 5.10 Å². The molecule has 1 aliphatic rings. The lowest BCUT2D eigenvalue weighted by molar-refractivity contribution is -0.145. The molecule has 1 saturated carbocycles. The average molecular weight is 280 g/mol. The third-order valence-electron chi connectivity index (χ3n) is 3.82. The van der Waals surface area contributed by atoms with Crippen LogP contribution in [0.2, 0.25) is 0 Å². The van der Waals surface area contributed by atoms with Crippen LogP contribution in [0.4, 0.5) is 0 Å². The van der Waals surface area contributed by atoms with Crippen molar-refractivity contribution in [2.75, 3.05) is 7.05 Å². The summed E-state index contributed by atoms with van der Waals surface area (Å²) in [4.78, 5) is 29.0. The van der Waals surface area contributed by atoms with Crippen LogP contribution in [0.3, 0.4) is 0 Å². The highest BCUT2D eigenvalue weighted by atomic mass is 16.4. The van der Waals surface area contributed by atoms with E-state index in [1.807, 2.05) is 6.92 Å². The number of aryl methyl sites for hydroxylation is 1. The summed E-state index contributed by atoms with van der Waals surface area (Å²) in [6.45, 7) is 2.19. The molecule has 0 aliphatic heterocycles. The van der Waals surface area contributed by atoms with Crippen molar-refractivity contribution in [2.45, 2.75) is 39.2 Å². The van der Waals surface area contributed by atoms with Gasteiger partial charge in [0.1, 0.15) is 5.82 Å². The number of amides is 1. The molecular weight excluding hydrogens is 260 g/mol. The van der Waals surface area contributed by atoms with E-state index in [2.05, 4.69) is 15.2 Å². The molecule has 0 radical (unpaired) electrons. The van der Waals surface area contributed by atoms with Crippen molar-refractivity contribution >= 4 is 11.9 Å². The number of aliphatic carboxylic acids is 1. The maximum atomic E-state index is 12.3. The number of hydrogen-bond acceptors (Lipinski definition) is 4. The molecule has 0 aromatic carbocycles. The molecule has 7 nitrogen and oxygen atoms in total. The fraction of sp³-hybridized carbons (Fsp3) is 0.692. The summed E-state index contributed by atoms with van der Waals surface area (Å²) in [6.07, 6.45) is 2.46. The third-order valence-corrected chi connectivity index (χ3v) is 3.82. The lowest BCUT2D eigenvalue weighted by atomic mass is 9.81. The number of H-pyrrole nitrogens is 1. The lowest BCUT2D eigenvalue weighted by Gasteiger charge is -2.28. The molecule has 20 heavy (non-hydrogen) atoms. The van der Waals surface area contributed by atoms with Crippen molar-refractivity contribution in [3.05, 3.63) is 11.6 Å². The molecule has 2 rings (SSSR count). The Morgan fingerprint density at radius 3 is 2.40 bits per heavy atom. The predicted molar refractivity (Wildman–Crippen MR) is 70.7 cm³/mol. The molecule has 1 aromatic heterocycles. The first-order valence-corrected chi connectivity index (χ1v) is 6.83. The zero-order chi connectivity index (χ0) is 14.7. The summed E-state index contributed by atoms with van der Waals surface area (Å²) in [5.74, 6) is 0.257. The number of carboxylic acid groups (broad SMARTS) is 1. The van der Waals surface area contributed by atoms with Gasteiger partial charge in [-0.05, 0) is 32.6 Å². The Hall–Kier alpha value is -1.92. The second kappa shape index (κ2) is 6.02. The summed E-state index contributed by atoms with van der Waals surface area (Å²) in [5, 5.41) is 15.7. The molecule has 0 atom stereocenters. The molecule has 0 saturated heterocycles. The molecule has 0 spiro atoms. The maximum absolute atomic E-state index is 12.3. The Balaban J connectivity index is 1.86. The van der Waals surface area contributed by atoms with Gasteiger partial charge in [-0.3, -0.25) is 14.7 Å². The van der Waals surface area contributed by atoms with E-state index in [9.17, 15) is 9.59 Å². The highest BCUT2D eigenvalue weighted by Gasteiger charge is 2.31. The largest absolute Gasteiger partial charge is 0.481 e. The van der Waals surface area contributed by atoms with Crippen molar-refractivity contribution in [1.82, 2.24) is 20.1 Å². The van der Waals surface area contributed by atoms with Gasteiger partial charge in [0.15, 0.2) is 5.82 Å². The molecule has 1 fully saturated rings. The minimum absolute atomic E-state index is 0.0521. The monoisotopic (exact) mass is 280 g/mol. The first kappa shape index (κ1) is 14.5. The number of carboxylic acids is 1. The van der Waals surface area contributed by atoms with Gasteiger partial charge in [0, 0.05) is 13.0 Å². The van der Waals surface area contributed by atoms with Crippen LogP contribution in [0, 0.1) is 18.8 Å². The van der Waals surface area contributed by atoms with E-state index < -0.39 is 5.97 Å². The number of aromatic nitrogens is 3. The highest BCUT2D eigenvalue weighted by molar-refractivity contribution is 5.79. The van der Waals surface area contributed by atoms with E-state index in [1.165, 1.54) is 0 Å². The Morgan fingerprint density at radius 1 is 1.30 bits per heavy atom. The second-order valence-electron chi connectivity index (χ2n) is 5.42. The van der Waals surface area contributed by atoms with Crippen molar-refractivity contribution in [2.24, 2.45) is 11.8 Å². The number of nitrogens with zero attached hydrogens (tertiary/aromatic N) is 3. The second-order valence-corrected chi connectivity index (χ2v) is 5.42. The van der Waals surface area contributed by atoms with Crippen LogP contribution >= 0.6 is 0 Å². The van der Waals surface area contributed by atoms with Crippen LogP contribution in [0.25, 0.3) is 0 Å². The van der Waals surface area contributed by atoms with E-state index in [0.717, 1.165) is 5.82 Å². The van der Waals surface area contributed by atoms with Crippen molar-refractivity contribution in [1.29, 1.82) is 0 Å². The topological polar surface area (TPSA) is 99.2 Å².